The van der Waals surface area contributed by atoms with Gasteiger partial charge in [-0.2, -0.15) is 0 Å². The number of carboxylic acid groups (broad SMARTS) is 1. The highest BCUT2D eigenvalue weighted by Crippen LogP contribution is 2.34. The van der Waals surface area contributed by atoms with Crippen LogP contribution in [0.5, 0.6) is 11.5 Å². The molecule has 1 aromatic carbocycles. The second-order valence-electron chi connectivity index (χ2n) is 3.20. The Labute approximate surface area is 93.5 Å². The summed E-state index contributed by atoms with van der Waals surface area (Å²) in [5.74, 6) is -3.57. The minimum absolute atomic E-state index is 0.0519. The molecular formula is C10H6FNO5. The molecule has 2 aromatic rings. The van der Waals surface area contributed by atoms with Gasteiger partial charge in [0, 0.05) is 12.1 Å². The van der Waals surface area contributed by atoms with E-state index in [0.29, 0.717) is 6.07 Å². The zero-order chi connectivity index (χ0) is 12.6. The Morgan fingerprint density at radius 1 is 1.24 bits per heavy atom. The molecule has 6 nitrogen and oxygen atoms in total. The normalized spacial score (nSPS) is 10.4. The number of rotatable bonds is 2. The average Bonchev–Trinajstić information content (AvgIpc) is 2.72. The lowest BCUT2D eigenvalue weighted by molar-refractivity contribution is 0.0686. The van der Waals surface area contributed by atoms with E-state index in [1.807, 2.05) is 0 Å². The Kier molecular flexibility index (Phi) is 2.43. The number of hydrogen-bond acceptors (Lipinski definition) is 5. The van der Waals surface area contributed by atoms with Gasteiger partial charge in [-0.15, -0.1) is 0 Å². The van der Waals surface area contributed by atoms with E-state index >= 15 is 0 Å². The Balaban J connectivity index is 2.52. The third kappa shape index (κ3) is 1.89. The molecule has 0 radical (unpaired) electrons. The van der Waals surface area contributed by atoms with Gasteiger partial charge in [-0.3, -0.25) is 0 Å². The number of carbonyl (C=O) groups is 1. The van der Waals surface area contributed by atoms with Crippen molar-refractivity contribution < 1.29 is 29.0 Å². The number of hydrogen-bond donors (Lipinski definition) is 3. The fourth-order valence-electron chi connectivity index (χ4n) is 1.25. The Morgan fingerprint density at radius 2 is 1.94 bits per heavy atom. The van der Waals surface area contributed by atoms with Crippen molar-refractivity contribution in [3.63, 3.8) is 0 Å². The van der Waals surface area contributed by atoms with Crippen LogP contribution in [0.4, 0.5) is 4.39 Å². The largest absolute Gasteiger partial charge is 0.507 e. The predicted octanol–water partition coefficient (Wildman–Crippen LogP) is 1.59. The van der Waals surface area contributed by atoms with E-state index in [4.69, 9.17) is 10.2 Å². The molecule has 0 saturated carbocycles. The summed E-state index contributed by atoms with van der Waals surface area (Å²) in [6.45, 7) is 0. The third-order valence-electron chi connectivity index (χ3n) is 2.06. The lowest BCUT2D eigenvalue weighted by Gasteiger charge is -2.01. The lowest BCUT2D eigenvalue weighted by Crippen LogP contribution is -1.94. The third-order valence-corrected chi connectivity index (χ3v) is 2.06. The van der Waals surface area contributed by atoms with Crippen molar-refractivity contribution in [2.75, 3.05) is 0 Å². The molecule has 2 rings (SSSR count). The maximum absolute atomic E-state index is 12.9. The Bertz CT molecular complexity index is 592. The van der Waals surface area contributed by atoms with E-state index in [0.717, 1.165) is 12.1 Å². The summed E-state index contributed by atoms with van der Waals surface area (Å²) in [5, 5.41) is 30.4. The molecule has 3 N–H and O–H groups in total. The highest BCUT2D eigenvalue weighted by atomic mass is 19.1. The SMILES string of the molecule is O=C(O)c1cc(-c2cc(O)c(F)cc2O)on1. The summed E-state index contributed by atoms with van der Waals surface area (Å²) < 4.78 is 17.5. The number of aromatic hydroxyl groups is 2. The highest BCUT2D eigenvalue weighted by Gasteiger charge is 2.17. The van der Waals surface area contributed by atoms with Crippen molar-refractivity contribution in [3.8, 4) is 22.8 Å². The molecule has 0 unspecified atom stereocenters. The number of nitrogens with zero attached hydrogens (tertiary/aromatic N) is 1. The van der Waals surface area contributed by atoms with Crippen molar-refractivity contribution >= 4 is 5.97 Å². The number of halogens is 1. The van der Waals surface area contributed by atoms with E-state index in [2.05, 4.69) is 9.68 Å². The predicted molar refractivity (Wildman–Crippen MR) is 52.2 cm³/mol. The minimum Gasteiger partial charge on any atom is -0.507 e. The van der Waals surface area contributed by atoms with Gasteiger partial charge in [-0.05, 0) is 6.07 Å². The maximum Gasteiger partial charge on any atom is 0.358 e. The number of aromatic nitrogens is 1. The summed E-state index contributed by atoms with van der Waals surface area (Å²) in [6.07, 6.45) is 0. The van der Waals surface area contributed by atoms with Gasteiger partial charge in [0.15, 0.2) is 23.0 Å². The molecule has 0 aliphatic rings. The van der Waals surface area contributed by atoms with Crippen molar-refractivity contribution in [3.05, 3.63) is 29.7 Å². The van der Waals surface area contributed by atoms with Crippen LogP contribution >= 0.6 is 0 Å². The van der Waals surface area contributed by atoms with Crippen LogP contribution in [0.25, 0.3) is 11.3 Å². The number of benzene rings is 1. The van der Waals surface area contributed by atoms with E-state index in [-0.39, 0.29) is 17.0 Å². The summed E-state index contributed by atoms with van der Waals surface area (Å²) in [5.41, 5.74) is -0.410. The molecule has 0 aliphatic carbocycles. The first-order valence-electron chi connectivity index (χ1n) is 4.41. The van der Waals surface area contributed by atoms with E-state index < -0.39 is 23.3 Å². The van der Waals surface area contributed by atoms with Gasteiger partial charge in [0.1, 0.15) is 5.75 Å². The number of phenolic OH excluding ortho intramolecular Hbond substituents is 2. The number of aromatic carboxylic acids is 1. The topological polar surface area (TPSA) is 104 Å². The Hall–Kier alpha value is -2.57. The fraction of sp³-hybridized carbons (Fsp3) is 0. The lowest BCUT2D eigenvalue weighted by atomic mass is 10.1. The first-order chi connectivity index (χ1) is 7.99. The Morgan fingerprint density at radius 3 is 2.53 bits per heavy atom. The molecular weight excluding hydrogens is 233 g/mol. The van der Waals surface area contributed by atoms with Crippen molar-refractivity contribution in [1.82, 2.24) is 5.16 Å². The number of carboxylic acids is 1. The molecule has 0 spiro atoms. The zero-order valence-corrected chi connectivity index (χ0v) is 8.22. The fourth-order valence-corrected chi connectivity index (χ4v) is 1.25. The van der Waals surface area contributed by atoms with E-state index in [9.17, 15) is 14.3 Å². The van der Waals surface area contributed by atoms with Gasteiger partial charge in [0.2, 0.25) is 0 Å². The minimum atomic E-state index is -1.30. The first kappa shape index (κ1) is 10.9. The summed E-state index contributed by atoms with van der Waals surface area (Å²) >= 11 is 0. The smallest absolute Gasteiger partial charge is 0.358 e. The van der Waals surface area contributed by atoms with Gasteiger partial charge in [-0.25, -0.2) is 9.18 Å². The molecule has 17 heavy (non-hydrogen) atoms. The molecule has 0 aliphatic heterocycles. The molecule has 1 heterocycles. The summed E-state index contributed by atoms with van der Waals surface area (Å²) in [6, 6.07) is 2.65. The van der Waals surface area contributed by atoms with Gasteiger partial charge in [0.25, 0.3) is 0 Å². The van der Waals surface area contributed by atoms with Crippen molar-refractivity contribution in [1.29, 1.82) is 0 Å². The maximum atomic E-state index is 12.9. The molecule has 0 atom stereocenters. The van der Waals surface area contributed by atoms with Gasteiger partial charge < -0.3 is 19.8 Å². The van der Waals surface area contributed by atoms with Crippen LogP contribution < -0.4 is 0 Å². The molecule has 88 valence electrons. The van der Waals surface area contributed by atoms with Crippen LogP contribution in [0.3, 0.4) is 0 Å². The molecule has 0 amide bonds. The van der Waals surface area contributed by atoms with Gasteiger partial charge in [-0.1, -0.05) is 5.16 Å². The van der Waals surface area contributed by atoms with Crippen LogP contribution in [0.15, 0.2) is 22.7 Å². The second-order valence-corrected chi connectivity index (χ2v) is 3.20. The van der Waals surface area contributed by atoms with Crippen LogP contribution in [0, 0.1) is 5.82 Å². The number of phenols is 2. The van der Waals surface area contributed by atoms with Crippen LogP contribution in [-0.2, 0) is 0 Å². The quantitative estimate of drug-likeness (QED) is 0.687. The van der Waals surface area contributed by atoms with Crippen LogP contribution in [-0.4, -0.2) is 26.4 Å². The molecule has 7 heteroatoms. The standard InChI is InChI=1S/C10H6FNO5/c11-5-2-7(13)4(1-8(5)14)9-3-6(10(15)16)12-17-9/h1-3,13-14H,(H,15,16). The van der Waals surface area contributed by atoms with E-state index in [1.54, 1.807) is 0 Å². The molecule has 0 fully saturated rings. The molecule has 1 aromatic heterocycles. The van der Waals surface area contributed by atoms with Crippen molar-refractivity contribution in [2.24, 2.45) is 0 Å². The summed E-state index contributed by atoms with van der Waals surface area (Å²) in [7, 11) is 0. The summed E-state index contributed by atoms with van der Waals surface area (Å²) in [4.78, 5) is 10.6. The monoisotopic (exact) mass is 239 g/mol. The van der Waals surface area contributed by atoms with E-state index in [1.165, 1.54) is 0 Å². The van der Waals surface area contributed by atoms with Crippen LogP contribution in [0.2, 0.25) is 0 Å². The van der Waals surface area contributed by atoms with Crippen LogP contribution in [0.1, 0.15) is 10.5 Å². The van der Waals surface area contributed by atoms with Gasteiger partial charge >= 0.3 is 5.97 Å². The molecule has 0 bridgehead atoms. The van der Waals surface area contributed by atoms with Gasteiger partial charge in [0.05, 0.1) is 5.56 Å². The first-order valence-corrected chi connectivity index (χ1v) is 4.41. The zero-order valence-electron chi connectivity index (χ0n) is 8.22. The average molecular weight is 239 g/mol. The molecule has 0 saturated heterocycles. The van der Waals surface area contributed by atoms with Crippen molar-refractivity contribution in [2.45, 2.75) is 0 Å². The second kappa shape index (κ2) is 3.78. The highest BCUT2D eigenvalue weighted by molar-refractivity contribution is 5.86.